The number of carbonyl (C=O) groups is 3. The van der Waals surface area contributed by atoms with Gasteiger partial charge in [0.05, 0.1) is 23.4 Å². The molecular weight excluding hydrogens is 358 g/mol. The summed E-state index contributed by atoms with van der Waals surface area (Å²) < 4.78 is 10.8. The fourth-order valence-electron chi connectivity index (χ4n) is 2.86. The number of esters is 1. The van der Waals surface area contributed by atoms with E-state index in [1.165, 1.54) is 0 Å². The summed E-state index contributed by atoms with van der Waals surface area (Å²) in [5.41, 5.74) is 1.24. The molecule has 1 aliphatic rings. The van der Waals surface area contributed by atoms with Crippen molar-refractivity contribution in [2.24, 2.45) is 5.92 Å². The van der Waals surface area contributed by atoms with Gasteiger partial charge in [-0.2, -0.15) is 0 Å². The second-order valence-electron chi connectivity index (χ2n) is 7.10. The first-order chi connectivity index (χ1) is 13.4. The van der Waals surface area contributed by atoms with Crippen molar-refractivity contribution in [1.82, 2.24) is 0 Å². The summed E-state index contributed by atoms with van der Waals surface area (Å²) in [6.45, 7) is 6.10. The minimum absolute atomic E-state index is 0.351. The van der Waals surface area contributed by atoms with Gasteiger partial charge >= 0.3 is 5.97 Å². The summed E-state index contributed by atoms with van der Waals surface area (Å²) in [5.74, 6) is -0.217. The molecule has 6 heteroatoms. The second-order valence-corrected chi connectivity index (χ2v) is 7.10. The molecule has 1 atom stereocenters. The van der Waals surface area contributed by atoms with E-state index in [0.717, 1.165) is 11.3 Å². The van der Waals surface area contributed by atoms with Gasteiger partial charge in [0.25, 0.3) is 11.8 Å². The zero-order valence-corrected chi connectivity index (χ0v) is 16.2. The molecule has 0 saturated heterocycles. The summed E-state index contributed by atoms with van der Waals surface area (Å²) in [7, 11) is 0. The second kappa shape index (κ2) is 8.25. The largest absolute Gasteiger partial charge is 0.479 e. The van der Waals surface area contributed by atoms with Crippen LogP contribution in [0, 0.1) is 5.92 Å². The van der Waals surface area contributed by atoms with Crippen molar-refractivity contribution in [2.45, 2.75) is 33.3 Å². The van der Waals surface area contributed by atoms with Crippen LogP contribution in [0.15, 0.2) is 48.5 Å². The van der Waals surface area contributed by atoms with Crippen LogP contribution in [0.1, 0.15) is 47.9 Å². The number of carbonyl (C=O) groups excluding carboxylic acids is 3. The van der Waals surface area contributed by atoms with Crippen molar-refractivity contribution >= 4 is 23.5 Å². The maximum Gasteiger partial charge on any atom is 0.347 e. The van der Waals surface area contributed by atoms with E-state index in [-0.39, 0.29) is 11.8 Å². The molecule has 6 nitrogen and oxygen atoms in total. The maximum atomic E-state index is 12.5. The molecule has 0 bridgehead atoms. The van der Waals surface area contributed by atoms with Crippen LogP contribution in [-0.4, -0.2) is 30.5 Å². The molecule has 1 unspecified atom stereocenters. The minimum atomic E-state index is -0.752. The monoisotopic (exact) mass is 381 g/mol. The highest BCUT2D eigenvalue weighted by atomic mass is 16.6. The van der Waals surface area contributed by atoms with Crippen LogP contribution >= 0.6 is 0 Å². The number of benzene rings is 2. The third-order valence-corrected chi connectivity index (χ3v) is 4.47. The Labute approximate surface area is 164 Å². The highest BCUT2D eigenvalue weighted by Crippen LogP contribution is 2.29. The molecule has 0 aromatic heterocycles. The van der Waals surface area contributed by atoms with Crippen molar-refractivity contribution in [3.05, 3.63) is 59.7 Å². The van der Waals surface area contributed by atoms with E-state index >= 15 is 0 Å². The Morgan fingerprint density at radius 3 is 2.04 bits per heavy atom. The molecule has 0 fully saturated rings. The topological polar surface area (TPSA) is 72.9 Å². The Morgan fingerprint density at radius 1 is 0.929 bits per heavy atom. The first-order valence-corrected chi connectivity index (χ1v) is 9.29. The number of fused-ring (bicyclic) bond motifs is 1. The molecule has 2 amide bonds. The predicted molar refractivity (Wildman–Crippen MR) is 105 cm³/mol. The molecule has 2 aromatic rings. The van der Waals surface area contributed by atoms with E-state index in [1.54, 1.807) is 55.5 Å². The van der Waals surface area contributed by atoms with E-state index in [4.69, 9.17) is 9.47 Å². The van der Waals surface area contributed by atoms with Crippen LogP contribution in [0.3, 0.4) is 0 Å². The standard InChI is InChI=1S/C22H23NO5/c1-14(2)12-13-27-22(26)15(3)28-17-10-8-16(9-11-17)23-20(24)18-6-4-5-7-19(18)21(23)25/h4-11,14-15H,12-13H2,1-3H3. The first-order valence-electron chi connectivity index (χ1n) is 9.29. The smallest absolute Gasteiger partial charge is 0.347 e. The molecule has 28 heavy (non-hydrogen) atoms. The summed E-state index contributed by atoms with van der Waals surface area (Å²) in [4.78, 5) is 38.1. The lowest BCUT2D eigenvalue weighted by atomic mass is 10.1. The number of imide groups is 1. The van der Waals surface area contributed by atoms with Crippen LogP contribution in [-0.2, 0) is 9.53 Å². The fraction of sp³-hybridized carbons (Fsp3) is 0.318. The molecular formula is C22H23NO5. The molecule has 2 aromatic carbocycles. The van der Waals surface area contributed by atoms with E-state index in [9.17, 15) is 14.4 Å². The van der Waals surface area contributed by atoms with Gasteiger partial charge in [-0.3, -0.25) is 9.59 Å². The molecule has 1 aliphatic heterocycles. The number of hydrogen-bond donors (Lipinski definition) is 0. The summed E-state index contributed by atoms with van der Waals surface area (Å²) in [6, 6.07) is 13.2. The summed E-state index contributed by atoms with van der Waals surface area (Å²) in [5, 5.41) is 0. The summed E-state index contributed by atoms with van der Waals surface area (Å²) >= 11 is 0. The molecule has 0 N–H and O–H groups in total. The number of amides is 2. The average molecular weight is 381 g/mol. The Balaban J connectivity index is 1.64. The zero-order chi connectivity index (χ0) is 20.3. The average Bonchev–Trinajstić information content (AvgIpc) is 2.93. The lowest BCUT2D eigenvalue weighted by molar-refractivity contribution is -0.151. The molecule has 0 radical (unpaired) electrons. The van der Waals surface area contributed by atoms with Gasteiger partial charge in [-0.1, -0.05) is 26.0 Å². The Morgan fingerprint density at radius 2 is 1.50 bits per heavy atom. The predicted octanol–water partition coefficient (Wildman–Crippen LogP) is 3.84. The van der Waals surface area contributed by atoms with Crippen molar-refractivity contribution < 1.29 is 23.9 Å². The van der Waals surface area contributed by atoms with Gasteiger partial charge < -0.3 is 9.47 Å². The number of ether oxygens (including phenoxy) is 2. The highest BCUT2D eigenvalue weighted by Gasteiger charge is 2.36. The highest BCUT2D eigenvalue weighted by molar-refractivity contribution is 6.34. The third-order valence-electron chi connectivity index (χ3n) is 4.47. The Kier molecular flexibility index (Phi) is 5.78. The number of anilines is 1. The number of hydrogen-bond acceptors (Lipinski definition) is 5. The zero-order valence-electron chi connectivity index (χ0n) is 16.2. The normalized spacial score (nSPS) is 14.2. The van der Waals surface area contributed by atoms with Crippen LogP contribution in [0.5, 0.6) is 5.75 Å². The maximum absolute atomic E-state index is 12.5. The molecule has 146 valence electrons. The first kappa shape index (κ1) is 19.6. The SMILES string of the molecule is CC(C)CCOC(=O)C(C)Oc1ccc(N2C(=O)c3ccccc3C2=O)cc1. The molecule has 3 rings (SSSR count). The van der Waals surface area contributed by atoms with Gasteiger partial charge in [0.1, 0.15) is 5.75 Å². The van der Waals surface area contributed by atoms with E-state index in [1.807, 2.05) is 0 Å². The lowest BCUT2D eigenvalue weighted by Crippen LogP contribution is -2.29. The van der Waals surface area contributed by atoms with E-state index in [2.05, 4.69) is 13.8 Å². The number of rotatable bonds is 7. The molecule has 0 spiro atoms. The Bertz CT molecular complexity index is 853. The van der Waals surface area contributed by atoms with Gasteiger partial charge in [0.15, 0.2) is 6.10 Å². The van der Waals surface area contributed by atoms with Crippen LogP contribution in [0.4, 0.5) is 5.69 Å². The van der Waals surface area contributed by atoms with Gasteiger partial charge in [-0.05, 0) is 55.7 Å². The van der Waals surface area contributed by atoms with Crippen molar-refractivity contribution in [3.63, 3.8) is 0 Å². The van der Waals surface area contributed by atoms with Crippen LogP contribution in [0.2, 0.25) is 0 Å². The number of nitrogens with zero attached hydrogens (tertiary/aromatic N) is 1. The van der Waals surface area contributed by atoms with Crippen molar-refractivity contribution in [2.75, 3.05) is 11.5 Å². The van der Waals surface area contributed by atoms with Gasteiger partial charge in [0, 0.05) is 0 Å². The van der Waals surface area contributed by atoms with Gasteiger partial charge in [-0.15, -0.1) is 0 Å². The van der Waals surface area contributed by atoms with E-state index < -0.39 is 12.1 Å². The van der Waals surface area contributed by atoms with Crippen LogP contribution in [0.25, 0.3) is 0 Å². The van der Waals surface area contributed by atoms with E-state index in [0.29, 0.717) is 35.1 Å². The van der Waals surface area contributed by atoms with Crippen molar-refractivity contribution in [1.29, 1.82) is 0 Å². The van der Waals surface area contributed by atoms with Crippen LogP contribution < -0.4 is 9.64 Å². The molecule has 0 aliphatic carbocycles. The Hall–Kier alpha value is -3.15. The van der Waals surface area contributed by atoms with Gasteiger partial charge in [-0.25, -0.2) is 9.69 Å². The lowest BCUT2D eigenvalue weighted by Gasteiger charge is -2.17. The van der Waals surface area contributed by atoms with Gasteiger partial charge in [0.2, 0.25) is 0 Å². The fourth-order valence-corrected chi connectivity index (χ4v) is 2.86. The minimum Gasteiger partial charge on any atom is -0.479 e. The third kappa shape index (κ3) is 4.06. The molecule has 0 saturated carbocycles. The quantitative estimate of drug-likeness (QED) is 0.538. The molecule has 1 heterocycles. The van der Waals surface area contributed by atoms with Crippen molar-refractivity contribution in [3.8, 4) is 5.75 Å². The summed E-state index contributed by atoms with van der Waals surface area (Å²) in [6.07, 6.45) is 0.0466.